The van der Waals surface area contributed by atoms with Crippen molar-refractivity contribution in [2.45, 2.75) is 20.4 Å². The molecule has 106 valence electrons. The van der Waals surface area contributed by atoms with Crippen LogP contribution in [0.5, 0.6) is 0 Å². The molecule has 1 amide bonds. The first-order chi connectivity index (χ1) is 9.12. The zero-order valence-corrected chi connectivity index (χ0v) is 11.8. The van der Waals surface area contributed by atoms with Crippen molar-refractivity contribution in [2.75, 3.05) is 31.6 Å². The van der Waals surface area contributed by atoms with Crippen molar-refractivity contribution in [1.82, 2.24) is 10.6 Å². The molecular formula is C14H22FN3O. The van der Waals surface area contributed by atoms with Gasteiger partial charge in [-0.05, 0) is 44.7 Å². The molecule has 0 spiro atoms. The molecule has 0 bridgehead atoms. The van der Waals surface area contributed by atoms with Crippen molar-refractivity contribution < 1.29 is 9.18 Å². The molecule has 0 saturated carbocycles. The van der Waals surface area contributed by atoms with E-state index in [9.17, 15) is 9.18 Å². The Morgan fingerprint density at radius 3 is 2.68 bits per heavy atom. The van der Waals surface area contributed by atoms with Crippen LogP contribution in [0, 0.1) is 5.82 Å². The van der Waals surface area contributed by atoms with E-state index in [0.29, 0.717) is 19.6 Å². The Bertz CT molecular complexity index is 423. The standard InChI is InChI=1S/C14H22FN3O/c1-4-17-14(19)10-18(5-2)13-7-6-12(15)8-11(13)9-16-3/h6-8,16H,4-5,9-10H2,1-3H3,(H,17,19). The number of halogens is 1. The van der Waals surface area contributed by atoms with Crippen LogP contribution in [0.25, 0.3) is 0 Å². The van der Waals surface area contributed by atoms with Crippen molar-refractivity contribution in [3.63, 3.8) is 0 Å². The van der Waals surface area contributed by atoms with E-state index in [4.69, 9.17) is 0 Å². The van der Waals surface area contributed by atoms with E-state index in [1.807, 2.05) is 25.8 Å². The number of nitrogens with one attached hydrogen (secondary N) is 2. The average molecular weight is 267 g/mol. The molecule has 4 nitrogen and oxygen atoms in total. The largest absolute Gasteiger partial charge is 0.362 e. The summed E-state index contributed by atoms with van der Waals surface area (Å²) in [5.74, 6) is -0.285. The fourth-order valence-electron chi connectivity index (χ4n) is 1.99. The Balaban J connectivity index is 2.93. The first kappa shape index (κ1) is 15.4. The minimum atomic E-state index is -0.261. The molecule has 5 heteroatoms. The van der Waals surface area contributed by atoms with E-state index in [0.717, 1.165) is 11.3 Å². The van der Waals surface area contributed by atoms with E-state index in [1.165, 1.54) is 12.1 Å². The predicted octanol–water partition coefficient (Wildman–Crippen LogP) is 1.51. The molecular weight excluding hydrogens is 245 g/mol. The zero-order valence-electron chi connectivity index (χ0n) is 11.8. The summed E-state index contributed by atoms with van der Waals surface area (Å²) in [7, 11) is 1.81. The van der Waals surface area contributed by atoms with Crippen LogP contribution in [0.1, 0.15) is 19.4 Å². The number of nitrogens with zero attached hydrogens (tertiary/aromatic N) is 1. The fraction of sp³-hybridized carbons (Fsp3) is 0.500. The van der Waals surface area contributed by atoms with Crippen LogP contribution < -0.4 is 15.5 Å². The van der Waals surface area contributed by atoms with E-state index in [1.54, 1.807) is 6.07 Å². The lowest BCUT2D eigenvalue weighted by molar-refractivity contribution is -0.119. The van der Waals surface area contributed by atoms with E-state index in [-0.39, 0.29) is 18.3 Å². The van der Waals surface area contributed by atoms with Gasteiger partial charge in [0.2, 0.25) is 5.91 Å². The molecule has 0 aliphatic heterocycles. The first-order valence-corrected chi connectivity index (χ1v) is 6.57. The molecule has 2 N–H and O–H groups in total. The summed E-state index contributed by atoms with van der Waals surface area (Å²) in [6.07, 6.45) is 0. The van der Waals surface area contributed by atoms with Gasteiger partial charge in [0.25, 0.3) is 0 Å². The molecule has 1 rings (SSSR count). The normalized spacial score (nSPS) is 10.3. The summed E-state index contributed by atoms with van der Waals surface area (Å²) in [6.45, 7) is 6.03. The SMILES string of the molecule is CCNC(=O)CN(CC)c1ccc(F)cc1CNC. The van der Waals surface area contributed by atoms with Crippen LogP contribution in [0.4, 0.5) is 10.1 Å². The molecule has 0 saturated heterocycles. The molecule has 0 unspecified atom stereocenters. The van der Waals surface area contributed by atoms with Gasteiger partial charge in [0.1, 0.15) is 5.82 Å². The van der Waals surface area contributed by atoms with Gasteiger partial charge in [0.05, 0.1) is 6.54 Å². The highest BCUT2D eigenvalue weighted by Gasteiger charge is 2.13. The Morgan fingerprint density at radius 1 is 1.37 bits per heavy atom. The van der Waals surface area contributed by atoms with Gasteiger partial charge in [-0.1, -0.05) is 0 Å². The van der Waals surface area contributed by atoms with Gasteiger partial charge >= 0.3 is 0 Å². The van der Waals surface area contributed by atoms with Crippen molar-refractivity contribution in [3.05, 3.63) is 29.6 Å². The molecule has 0 aromatic heterocycles. The fourth-order valence-corrected chi connectivity index (χ4v) is 1.99. The molecule has 0 heterocycles. The minimum Gasteiger partial charge on any atom is -0.362 e. The molecule has 1 aromatic rings. The van der Waals surface area contributed by atoms with E-state index >= 15 is 0 Å². The summed E-state index contributed by atoms with van der Waals surface area (Å²) >= 11 is 0. The van der Waals surface area contributed by atoms with Crippen molar-refractivity contribution >= 4 is 11.6 Å². The lowest BCUT2D eigenvalue weighted by atomic mass is 10.1. The second-order valence-electron chi connectivity index (χ2n) is 4.27. The Morgan fingerprint density at radius 2 is 2.11 bits per heavy atom. The van der Waals surface area contributed by atoms with Gasteiger partial charge in [-0.15, -0.1) is 0 Å². The number of amides is 1. The molecule has 0 fully saturated rings. The predicted molar refractivity (Wildman–Crippen MR) is 75.7 cm³/mol. The smallest absolute Gasteiger partial charge is 0.239 e. The van der Waals surface area contributed by atoms with Crippen molar-refractivity contribution in [1.29, 1.82) is 0 Å². The number of anilines is 1. The monoisotopic (exact) mass is 267 g/mol. The maximum atomic E-state index is 13.3. The van der Waals surface area contributed by atoms with Crippen LogP contribution in [0.15, 0.2) is 18.2 Å². The van der Waals surface area contributed by atoms with Gasteiger partial charge in [0.15, 0.2) is 0 Å². The number of carbonyl (C=O) groups excluding carboxylic acids is 1. The van der Waals surface area contributed by atoms with Crippen molar-refractivity contribution in [3.8, 4) is 0 Å². The number of hydrogen-bond acceptors (Lipinski definition) is 3. The molecule has 0 radical (unpaired) electrons. The third-order valence-corrected chi connectivity index (χ3v) is 2.84. The molecule has 0 atom stereocenters. The Kier molecular flexibility index (Phi) is 6.29. The second kappa shape index (κ2) is 7.74. The summed E-state index contributed by atoms with van der Waals surface area (Å²) in [6, 6.07) is 4.66. The van der Waals surface area contributed by atoms with Crippen LogP contribution >= 0.6 is 0 Å². The summed E-state index contributed by atoms with van der Waals surface area (Å²) in [5.41, 5.74) is 1.75. The van der Waals surface area contributed by atoms with E-state index < -0.39 is 0 Å². The quantitative estimate of drug-likeness (QED) is 0.787. The first-order valence-electron chi connectivity index (χ1n) is 6.57. The number of likely N-dealkylation sites (N-methyl/N-ethyl adjacent to an activating group) is 2. The van der Waals surface area contributed by atoms with E-state index in [2.05, 4.69) is 10.6 Å². The number of carbonyl (C=O) groups is 1. The molecule has 0 aliphatic carbocycles. The summed E-state index contributed by atoms with van der Waals surface area (Å²) < 4.78 is 13.3. The number of rotatable bonds is 7. The maximum absolute atomic E-state index is 13.3. The highest BCUT2D eigenvalue weighted by Crippen LogP contribution is 2.21. The van der Waals surface area contributed by atoms with Gasteiger partial charge in [0, 0.05) is 25.3 Å². The number of hydrogen-bond donors (Lipinski definition) is 2. The van der Waals surface area contributed by atoms with Crippen LogP contribution in [-0.4, -0.2) is 32.6 Å². The maximum Gasteiger partial charge on any atom is 0.239 e. The topological polar surface area (TPSA) is 44.4 Å². The highest BCUT2D eigenvalue weighted by molar-refractivity contribution is 5.81. The van der Waals surface area contributed by atoms with Crippen LogP contribution in [0.3, 0.4) is 0 Å². The molecule has 19 heavy (non-hydrogen) atoms. The summed E-state index contributed by atoms with van der Waals surface area (Å²) in [5, 5.41) is 5.79. The molecule has 0 aliphatic rings. The van der Waals surface area contributed by atoms with Crippen LogP contribution in [0.2, 0.25) is 0 Å². The third kappa shape index (κ3) is 4.52. The lowest BCUT2D eigenvalue weighted by Crippen LogP contribution is -2.37. The van der Waals surface area contributed by atoms with Gasteiger partial charge in [-0.3, -0.25) is 4.79 Å². The van der Waals surface area contributed by atoms with Gasteiger partial charge in [-0.25, -0.2) is 4.39 Å². The number of benzene rings is 1. The van der Waals surface area contributed by atoms with Crippen molar-refractivity contribution in [2.24, 2.45) is 0 Å². The average Bonchev–Trinajstić information content (AvgIpc) is 2.37. The molecule has 1 aromatic carbocycles. The second-order valence-corrected chi connectivity index (χ2v) is 4.27. The Labute approximate surface area is 114 Å². The van der Waals surface area contributed by atoms with Gasteiger partial charge in [-0.2, -0.15) is 0 Å². The Hall–Kier alpha value is -1.62. The highest BCUT2D eigenvalue weighted by atomic mass is 19.1. The van der Waals surface area contributed by atoms with Gasteiger partial charge < -0.3 is 15.5 Å². The van der Waals surface area contributed by atoms with Crippen LogP contribution in [-0.2, 0) is 11.3 Å². The minimum absolute atomic E-state index is 0.0240. The lowest BCUT2D eigenvalue weighted by Gasteiger charge is -2.25. The zero-order chi connectivity index (χ0) is 14.3. The third-order valence-electron chi connectivity index (χ3n) is 2.84. The summed E-state index contributed by atoms with van der Waals surface area (Å²) in [4.78, 5) is 13.6.